The van der Waals surface area contributed by atoms with Crippen LogP contribution in [0.25, 0.3) is 175 Å². The number of hydrogen-bond donors (Lipinski definition) is 0. The second-order valence-electron chi connectivity index (χ2n) is 30.1. The van der Waals surface area contributed by atoms with Gasteiger partial charge in [0.05, 0.1) is 22.1 Å². The van der Waals surface area contributed by atoms with Crippen molar-refractivity contribution >= 4 is 96.7 Å². The third-order valence-corrected chi connectivity index (χ3v) is 25.3. The molecule has 0 bridgehead atoms. The van der Waals surface area contributed by atoms with Crippen LogP contribution in [0.1, 0.15) is 56.3 Å². The van der Waals surface area contributed by atoms with Crippen molar-refractivity contribution in [2.24, 2.45) is 0 Å². The van der Waals surface area contributed by atoms with Crippen molar-refractivity contribution in [1.29, 1.82) is 0 Å². The quantitative estimate of drug-likeness (QED) is 0.143. The predicted molar refractivity (Wildman–Crippen MR) is 465 cm³/mol. The largest absolute Gasteiger partial charge is 0.309 e. The van der Waals surface area contributed by atoms with Gasteiger partial charge < -0.3 is 9.13 Å². The Bertz CT molecular complexity index is 7390. The molecule has 110 heavy (non-hydrogen) atoms. The van der Waals surface area contributed by atoms with Crippen LogP contribution in [0.3, 0.4) is 0 Å². The smallest absolute Gasteiger partial charge is 0.0634 e. The summed E-state index contributed by atoms with van der Waals surface area (Å²) in [6.07, 6.45) is 0.944. The SMILES string of the molecule is c1ccc(-c2cccc(C3c4ccccc4-c4cc(-c5ccc6c(c5)c5ccc7c(c5n6-c5ccc6ccccc6c5)Cc5ccccc5-7)ccc43)c2)cc1.c1ccc(-c2cccc(C3c4ccccc4-c4cc(-c5ccc6c(c5)c5ccc7sc8ccccc8c7c5n6-c5ccc6ccccc6c5)ccc43)c2)cc1. The summed E-state index contributed by atoms with van der Waals surface area (Å²) in [5.74, 6) is 0.381. The van der Waals surface area contributed by atoms with Crippen molar-refractivity contribution in [3.63, 3.8) is 0 Å². The second-order valence-corrected chi connectivity index (χ2v) is 31.2. The third kappa shape index (κ3) is 9.88. The van der Waals surface area contributed by atoms with Gasteiger partial charge in [-0.05, 0) is 217 Å². The Morgan fingerprint density at radius 1 is 0.236 bits per heavy atom. The van der Waals surface area contributed by atoms with Crippen LogP contribution in [-0.2, 0) is 6.42 Å². The van der Waals surface area contributed by atoms with E-state index in [9.17, 15) is 0 Å². The van der Waals surface area contributed by atoms with Crippen LogP contribution in [0, 0.1) is 0 Å². The normalized spacial score (nSPS) is 13.8. The number of fused-ring (bicyclic) bond motifs is 22. The molecule has 0 saturated carbocycles. The number of benzene rings is 18. The van der Waals surface area contributed by atoms with Crippen molar-refractivity contribution in [3.05, 3.63) is 433 Å². The molecule has 0 amide bonds. The maximum Gasteiger partial charge on any atom is 0.0634 e. The fourth-order valence-electron chi connectivity index (χ4n) is 19.1. The molecule has 0 spiro atoms. The highest BCUT2D eigenvalue weighted by molar-refractivity contribution is 7.26. The Morgan fingerprint density at radius 3 is 1.27 bits per heavy atom. The summed E-state index contributed by atoms with van der Waals surface area (Å²) in [4.78, 5) is 0. The van der Waals surface area contributed by atoms with Gasteiger partial charge in [0.25, 0.3) is 0 Å². The van der Waals surface area contributed by atoms with E-state index < -0.39 is 0 Å². The van der Waals surface area contributed by atoms with Crippen LogP contribution >= 0.6 is 11.3 Å². The molecule has 24 rings (SSSR count). The highest BCUT2D eigenvalue weighted by atomic mass is 32.1. The highest BCUT2D eigenvalue weighted by Gasteiger charge is 2.33. The van der Waals surface area contributed by atoms with Crippen LogP contribution in [-0.4, -0.2) is 9.13 Å². The number of hydrogen-bond acceptors (Lipinski definition) is 1. The summed E-state index contributed by atoms with van der Waals surface area (Å²) in [5, 5.41) is 12.8. The number of rotatable bonds is 8. The zero-order chi connectivity index (χ0) is 72.1. The zero-order valence-electron chi connectivity index (χ0n) is 60.1. The van der Waals surface area contributed by atoms with E-state index in [0.29, 0.717) is 0 Å². The van der Waals surface area contributed by atoms with Crippen molar-refractivity contribution in [2.75, 3.05) is 0 Å². The maximum atomic E-state index is 2.53. The lowest BCUT2D eigenvalue weighted by Crippen LogP contribution is -1.99. The van der Waals surface area contributed by atoms with E-state index in [1.807, 2.05) is 11.3 Å². The number of thiophene rings is 1. The van der Waals surface area contributed by atoms with Gasteiger partial charge in [-0.2, -0.15) is 0 Å². The van der Waals surface area contributed by atoms with E-state index in [4.69, 9.17) is 0 Å². The van der Waals surface area contributed by atoms with Gasteiger partial charge in [0.1, 0.15) is 0 Å². The average molecular weight is 1410 g/mol. The van der Waals surface area contributed by atoms with Gasteiger partial charge in [0.15, 0.2) is 0 Å². The molecule has 2 nitrogen and oxygen atoms in total. The summed E-state index contributed by atoms with van der Waals surface area (Å²) in [7, 11) is 0. The van der Waals surface area contributed by atoms with E-state index in [2.05, 4.69) is 397 Å². The summed E-state index contributed by atoms with van der Waals surface area (Å²) >= 11 is 1.88. The van der Waals surface area contributed by atoms with Crippen LogP contribution in [0.4, 0.5) is 0 Å². The summed E-state index contributed by atoms with van der Waals surface area (Å²) in [6, 6.07) is 145. The zero-order valence-corrected chi connectivity index (χ0v) is 60.9. The van der Waals surface area contributed by atoms with Crippen LogP contribution in [0.2, 0.25) is 0 Å². The van der Waals surface area contributed by atoms with Gasteiger partial charge in [-0.15, -0.1) is 11.3 Å². The predicted octanol–water partition coefficient (Wildman–Crippen LogP) is 28.8. The molecule has 3 heteroatoms. The minimum atomic E-state index is 0.189. The maximum absolute atomic E-state index is 2.53. The first-order chi connectivity index (χ1) is 54.5. The second kappa shape index (κ2) is 24.9. The molecule has 3 aliphatic carbocycles. The Balaban J connectivity index is 0.000000132. The van der Waals surface area contributed by atoms with Gasteiger partial charge in [0.2, 0.25) is 0 Å². The van der Waals surface area contributed by atoms with E-state index >= 15 is 0 Å². The Morgan fingerprint density at radius 2 is 0.682 bits per heavy atom. The molecule has 3 aliphatic rings. The van der Waals surface area contributed by atoms with Crippen LogP contribution in [0.15, 0.2) is 388 Å². The molecule has 0 aliphatic heterocycles. The van der Waals surface area contributed by atoms with Gasteiger partial charge in [-0.3, -0.25) is 0 Å². The van der Waals surface area contributed by atoms with Gasteiger partial charge in [0, 0.05) is 71.3 Å². The molecule has 21 aromatic rings. The van der Waals surface area contributed by atoms with Gasteiger partial charge >= 0.3 is 0 Å². The van der Waals surface area contributed by atoms with E-state index in [-0.39, 0.29) is 11.8 Å². The standard InChI is InChI=1S/C54H35N.C53H33NS/c1-2-11-34(12-3-1)36-16-10-17-41(29-36)53-46-20-9-8-19-44(46)49-31-38(22-25-47(49)53)39-23-28-52-50(32-39)48-27-26-45-43-18-7-6-15-40(43)33-51(45)54(48)55(52)42-24-21-35-13-4-5-14-37(35)30-42;1-2-11-33(12-3-1)35-15-10-16-39(29-35)51-42-18-7-6-17-41(42)46-31-37(22-25-43(46)51)38-23-27-48-47(32-38)44-26-28-50-52(45-19-8-9-20-49(45)55-50)53(44)54(48)40-24-21-34-13-4-5-14-36(34)30-40/h1-32,53H,33H2;1-32,51H. The van der Waals surface area contributed by atoms with Gasteiger partial charge in [-0.1, -0.05) is 315 Å². The molecular formula is C107H68N2S. The molecule has 0 N–H and O–H groups in total. The fourth-order valence-corrected chi connectivity index (χ4v) is 20.2. The molecular weight excluding hydrogens is 1350 g/mol. The van der Waals surface area contributed by atoms with Crippen molar-refractivity contribution in [2.45, 2.75) is 18.3 Å². The first kappa shape index (κ1) is 62.5. The summed E-state index contributed by atoms with van der Waals surface area (Å²) in [6.45, 7) is 0. The van der Waals surface area contributed by atoms with E-state index in [1.165, 1.54) is 219 Å². The topological polar surface area (TPSA) is 9.86 Å². The fraction of sp³-hybridized carbons (Fsp3) is 0.0280. The first-order valence-electron chi connectivity index (χ1n) is 38.4. The van der Waals surface area contributed by atoms with Crippen molar-refractivity contribution in [3.8, 4) is 89.3 Å². The molecule has 18 aromatic carbocycles. The highest BCUT2D eigenvalue weighted by Crippen LogP contribution is 2.54. The van der Waals surface area contributed by atoms with Crippen LogP contribution < -0.4 is 0 Å². The summed E-state index contributed by atoms with van der Waals surface area (Å²) < 4.78 is 7.68. The minimum Gasteiger partial charge on any atom is -0.309 e. The van der Waals surface area contributed by atoms with E-state index in [0.717, 1.165) is 6.42 Å². The molecule has 0 fully saturated rings. The lowest BCUT2D eigenvalue weighted by molar-refractivity contribution is 1.02. The Labute approximate surface area is 641 Å². The minimum absolute atomic E-state index is 0.189. The average Bonchev–Trinajstić information content (AvgIpc) is 1.54. The van der Waals surface area contributed by atoms with Crippen LogP contribution in [0.5, 0.6) is 0 Å². The molecule has 2 unspecified atom stereocenters. The molecule has 3 aromatic heterocycles. The number of aromatic nitrogens is 2. The Kier molecular flexibility index (Phi) is 14.2. The lowest BCUT2D eigenvalue weighted by atomic mass is 9.87. The monoisotopic (exact) mass is 1410 g/mol. The molecule has 2 atom stereocenters. The van der Waals surface area contributed by atoms with E-state index in [1.54, 1.807) is 0 Å². The Hall–Kier alpha value is -13.7. The molecule has 0 saturated heterocycles. The molecule has 0 radical (unpaired) electrons. The van der Waals surface area contributed by atoms with Gasteiger partial charge in [-0.25, -0.2) is 0 Å². The third-order valence-electron chi connectivity index (χ3n) is 24.1. The summed E-state index contributed by atoms with van der Waals surface area (Å²) in [5.41, 5.74) is 36.4. The van der Waals surface area contributed by atoms with Crippen molar-refractivity contribution in [1.82, 2.24) is 9.13 Å². The molecule has 512 valence electrons. The number of nitrogens with zero attached hydrogens (tertiary/aromatic N) is 2. The van der Waals surface area contributed by atoms with Crippen molar-refractivity contribution < 1.29 is 0 Å². The molecule has 3 heterocycles. The lowest BCUT2D eigenvalue weighted by Gasteiger charge is -2.16. The first-order valence-corrected chi connectivity index (χ1v) is 39.2.